The maximum atomic E-state index is 13.4. The molecule has 1 heterocycles. The predicted molar refractivity (Wildman–Crippen MR) is 139 cm³/mol. The second-order valence-electron chi connectivity index (χ2n) is 10.2. The number of hydrogen-bond donors (Lipinski definition) is 1. The molecule has 0 aromatic heterocycles. The van der Waals surface area contributed by atoms with Crippen molar-refractivity contribution in [1.29, 1.82) is 0 Å². The summed E-state index contributed by atoms with van der Waals surface area (Å²) >= 11 is 0. The van der Waals surface area contributed by atoms with Crippen LogP contribution in [0.2, 0.25) is 0 Å². The van der Waals surface area contributed by atoms with E-state index in [2.05, 4.69) is 0 Å². The lowest BCUT2D eigenvalue weighted by Crippen LogP contribution is -2.40. The molecule has 0 unspecified atom stereocenters. The predicted octanol–water partition coefficient (Wildman–Crippen LogP) is 3.79. The SMILES string of the molecule is CCCN1C(=O)[C@H]2[C@H](CC=C3[C@H](C=Cc4cc(OC)c(O)c(OC)c4)C4=C(C[C@H]32)C(=O)C=C(C)C4=O)C1=O. The lowest BCUT2D eigenvalue weighted by molar-refractivity contribution is -0.140. The molecule has 1 fully saturated rings. The van der Waals surface area contributed by atoms with Crippen LogP contribution in [0.1, 0.15) is 38.7 Å². The minimum absolute atomic E-state index is 0.120. The summed E-state index contributed by atoms with van der Waals surface area (Å²) in [5, 5.41) is 10.3. The van der Waals surface area contributed by atoms with Gasteiger partial charge in [-0.05, 0) is 55.9 Å². The highest BCUT2D eigenvalue weighted by Crippen LogP contribution is 2.52. The van der Waals surface area contributed by atoms with Gasteiger partial charge in [0.15, 0.2) is 23.1 Å². The number of imide groups is 1. The second kappa shape index (κ2) is 9.74. The number of fused-ring (bicyclic) bond motifs is 3. The van der Waals surface area contributed by atoms with Gasteiger partial charge in [0.2, 0.25) is 17.6 Å². The molecule has 2 amide bonds. The molecule has 5 rings (SSSR count). The third kappa shape index (κ3) is 3.90. The maximum Gasteiger partial charge on any atom is 0.233 e. The summed E-state index contributed by atoms with van der Waals surface area (Å²) < 4.78 is 10.5. The van der Waals surface area contributed by atoms with Gasteiger partial charge in [0.05, 0.1) is 26.1 Å². The Labute approximate surface area is 221 Å². The van der Waals surface area contributed by atoms with E-state index in [1.807, 2.05) is 19.1 Å². The fraction of sp³-hybridized carbons (Fsp3) is 0.400. The number of nitrogens with zero attached hydrogens (tertiary/aromatic N) is 1. The summed E-state index contributed by atoms with van der Waals surface area (Å²) in [6.07, 6.45) is 8.39. The van der Waals surface area contributed by atoms with Crippen LogP contribution in [-0.4, -0.2) is 54.2 Å². The largest absolute Gasteiger partial charge is 0.502 e. The van der Waals surface area contributed by atoms with E-state index in [1.165, 1.54) is 25.2 Å². The number of rotatable bonds is 6. The van der Waals surface area contributed by atoms with Crippen LogP contribution in [-0.2, 0) is 19.2 Å². The Morgan fingerprint density at radius 3 is 2.37 bits per heavy atom. The van der Waals surface area contributed by atoms with E-state index in [4.69, 9.17) is 9.47 Å². The van der Waals surface area contributed by atoms with Gasteiger partial charge in [-0.3, -0.25) is 24.1 Å². The number of likely N-dealkylation sites (tertiary alicyclic amines) is 1. The first-order valence-electron chi connectivity index (χ1n) is 12.9. The molecular weight excluding hydrogens is 486 g/mol. The Morgan fingerprint density at radius 2 is 1.74 bits per heavy atom. The monoisotopic (exact) mass is 517 g/mol. The summed E-state index contributed by atoms with van der Waals surface area (Å²) in [7, 11) is 2.88. The Balaban J connectivity index is 1.61. The summed E-state index contributed by atoms with van der Waals surface area (Å²) in [4.78, 5) is 54.4. The Morgan fingerprint density at radius 1 is 1.05 bits per heavy atom. The molecule has 4 aliphatic rings. The molecular formula is C30H31NO7. The molecule has 8 nitrogen and oxygen atoms in total. The van der Waals surface area contributed by atoms with Crippen LogP contribution in [0.5, 0.6) is 17.2 Å². The number of amides is 2. The average molecular weight is 518 g/mol. The minimum atomic E-state index is -0.539. The van der Waals surface area contributed by atoms with Gasteiger partial charge in [0.1, 0.15) is 0 Å². The number of carbonyl (C=O) groups is 4. The molecule has 0 saturated carbocycles. The number of Topliss-reactive ketones (excluding diaryl/α,β-unsaturated/α-hetero) is 1. The zero-order valence-electron chi connectivity index (χ0n) is 21.9. The van der Waals surface area contributed by atoms with Crippen LogP contribution in [0.3, 0.4) is 0 Å². The van der Waals surface area contributed by atoms with Crippen LogP contribution < -0.4 is 9.47 Å². The number of allylic oxidation sites excluding steroid dienone is 7. The van der Waals surface area contributed by atoms with Gasteiger partial charge >= 0.3 is 0 Å². The summed E-state index contributed by atoms with van der Waals surface area (Å²) in [6.45, 7) is 3.95. The van der Waals surface area contributed by atoms with Gasteiger partial charge in [-0.2, -0.15) is 0 Å². The quantitative estimate of drug-likeness (QED) is 0.347. The van der Waals surface area contributed by atoms with Crippen molar-refractivity contribution in [3.05, 3.63) is 58.2 Å². The number of phenols is 1. The van der Waals surface area contributed by atoms with Gasteiger partial charge in [-0.1, -0.05) is 30.7 Å². The Hall–Kier alpha value is -3.94. The third-order valence-electron chi connectivity index (χ3n) is 8.13. The fourth-order valence-corrected chi connectivity index (χ4v) is 6.36. The fourth-order valence-electron chi connectivity index (χ4n) is 6.36. The van der Waals surface area contributed by atoms with E-state index in [-0.39, 0.29) is 53.0 Å². The van der Waals surface area contributed by atoms with Crippen LogP contribution in [0, 0.1) is 23.7 Å². The van der Waals surface area contributed by atoms with Crippen molar-refractivity contribution >= 4 is 29.5 Å². The van der Waals surface area contributed by atoms with Gasteiger partial charge in [0, 0.05) is 29.2 Å². The van der Waals surface area contributed by atoms with Crippen LogP contribution in [0.15, 0.2) is 52.7 Å². The lowest BCUT2D eigenvalue weighted by Gasteiger charge is -2.41. The number of phenolic OH excluding ortho intramolecular Hbond substituents is 1. The first kappa shape index (κ1) is 25.7. The van der Waals surface area contributed by atoms with Gasteiger partial charge < -0.3 is 14.6 Å². The molecule has 1 aliphatic heterocycles. The second-order valence-corrected chi connectivity index (χ2v) is 10.2. The number of benzene rings is 1. The van der Waals surface area contributed by atoms with Crippen molar-refractivity contribution in [2.24, 2.45) is 23.7 Å². The first-order chi connectivity index (χ1) is 18.2. The number of carbonyl (C=O) groups excluding carboxylic acids is 4. The van der Waals surface area contributed by atoms with E-state index in [1.54, 1.807) is 25.1 Å². The van der Waals surface area contributed by atoms with Gasteiger partial charge in [0.25, 0.3) is 0 Å². The van der Waals surface area contributed by atoms with E-state index in [0.29, 0.717) is 41.7 Å². The molecule has 198 valence electrons. The highest BCUT2D eigenvalue weighted by Gasteiger charge is 2.55. The third-order valence-corrected chi connectivity index (χ3v) is 8.13. The molecule has 8 heteroatoms. The van der Waals surface area contributed by atoms with Crippen molar-refractivity contribution < 1.29 is 33.8 Å². The number of aromatic hydroxyl groups is 1. The van der Waals surface area contributed by atoms with E-state index >= 15 is 0 Å². The van der Waals surface area contributed by atoms with Crippen molar-refractivity contribution in [2.45, 2.75) is 33.1 Å². The molecule has 0 radical (unpaired) electrons. The van der Waals surface area contributed by atoms with Crippen molar-refractivity contribution in [3.63, 3.8) is 0 Å². The number of ketones is 2. The van der Waals surface area contributed by atoms with Crippen molar-refractivity contribution in [1.82, 2.24) is 4.90 Å². The van der Waals surface area contributed by atoms with Gasteiger partial charge in [-0.15, -0.1) is 0 Å². The summed E-state index contributed by atoms with van der Waals surface area (Å²) in [5.41, 5.74) is 2.81. The van der Waals surface area contributed by atoms with Crippen LogP contribution >= 0.6 is 0 Å². The van der Waals surface area contributed by atoms with E-state index in [9.17, 15) is 24.3 Å². The number of ether oxygens (including phenoxy) is 2. The molecule has 38 heavy (non-hydrogen) atoms. The molecule has 1 N–H and O–H groups in total. The number of hydrogen-bond acceptors (Lipinski definition) is 7. The average Bonchev–Trinajstić information content (AvgIpc) is 3.15. The molecule has 1 aromatic carbocycles. The zero-order chi connectivity index (χ0) is 27.3. The Bertz CT molecular complexity index is 1350. The maximum absolute atomic E-state index is 13.4. The van der Waals surface area contributed by atoms with E-state index < -0.39 is 17.8 Å². The van der Waals surface area contributed by atoms with E-state index in [0.717, 1.165) is 5.57 Å². The normalized spacial score (nSPS) is 26.8. The first-order valence-corrected chi connectivity index (χ1v) is 12.9. The highest BCUT2D eigenvalue weighted by molar-refractivity contribution is 6.23. The topological polar surface area (TPSA) is 110 Å². The minimum Gasteiger partial charge on any atom is -0.502 e. The molecule has 0 spiro atoms. The summed E-state index contributed by atoms with van der Waals surface area (Å²) in [5.74, 6) is -2.22. The molecule has 1 saturated heterocycles. The molecule has 4 atom stereocenters. The standard InChI is InChI=1S/C30H31NO7/c1-5-10-31-29(35)19-9-8-17-18(7-6-16-12-23(37-3)28(34)24(13-16)38-4)25-21(14-20(17)26(19)30(31)36)22(32)11-15(2)27(25)33/h6-8,11-13,18-20,26,34H,5,9-10,14H2,1-4H3/t18-,19-,20+,26-/m0/s1. The zero-order valence-corrected chi connectivity index (χ0v) is 21.9. The molecule has 1 aromatic rings. The van der Waals surface area contributed by atoms with Crippen molar-refractivity contribution in [2.75, 3.05) is 20.8 Å². The van der Waals surface area contributed by atoms with Gasteiger partial charge in [-0.25, -0.2) is 0 Å². The Kier molecular flexibility index (Phi) is 6.59. The van der Waals surface area contributed by atoms with Crippen molar-refractivity contribution in [3.8, 4) is 17.2 Å². The number of methoxy groups -OCH3 is 2. The van der Waals surface area contributed by atoms with Crippen LogP contribution in [0.25, 0.3) is 6.08 Å². The molecule has 0 bridgehead atoms. The van der Waals surface area contributed by atoms with Crippen LogP contribution in [0.4, 0.5) is 0 Å². The lowest BCUT2D eigenvalue weighted by atomic mass is 9.60. The molecule has 3 aliphatic carbocycles. The smallest absolute Gasteiger partial charge is 0.233 e. The highest BCUT2D eigenvalue weighted by atomic mass is 16.5. The summed E-state index contributed by atoms with van der Waals surface area (Å²) in [6, 6.07) is 3.30.